The molecule has 6 heteroatoms. The maximum Gasteiger partial charge on any atom is 0.341 e. The summed E-state index contributed by atoms with van der Waals surface area (Å²) in [7, 11) is 1.65. The molecule has 0 bridgehead atoms. The van der Waals surface area contributed by atoms with Gasteiger partial charge in [-0.1, -0.05) is 18.6 Å². The number of cyclic esters (lactones) is 1. The fourth-order valence-corrected chi connectivity index (χ4v) is 3.47. The van der Waals surface area contributed by atoms with Gasteiger partial charge in [0.2, 0.25) is 0 Å². The number of rotatable bonds is 10. The molecule has 1 heterocycles. The lowest BCUT2D eigenvalue weighted by molar-refractivity contribution is -0.143. The third-order valence-corrected chi connectivity index (χ3v) is 4.96. The van der Waals surface area contributed by atoms with Gasteiger partial charge in [0.15, 0.2) is 0 Å². The Kier molecular flexibility index (Phi) is 8.11. The summed E-state index contributed by atoms with van der Waals surface area (Å²) < 4.78 is 16.2. The van der Waals surface area contributed by atoms with Crippen LogP contribution in [0.1, 0.15) is 74.0 Å². The standard InChI is InChI=1S/C23H33NO5/c1-7-12-28-19(25)11-9-15(4)8-10-17-21(24-14(2)3)20-18(13-29-23(20)26)16(5)22(17)27-6/h8,14,24H,7,9-13H2,1-6H3. The van der Waals surface area contributed by atoms with Crippen molar-refractivity contribution in [3.05, 3.63) is 33.9 Å². The molecule has 2 rings (SSSR count). The van der Waals surface area contributed by atoms with E-state index < -0.39 is 0 Å². The van der Waals surface area contributed by atoms with Gasteiger partial charge in [0.05, 0.1) is 25.0 Å². The van der Waals surface area contributed by atoms with Crippen molar-refractivity contribution in [1.82, 2.24) is 0 Å². The minimum Gasteiger partial charge on any atom is -0.496 e. The second-order valence-electron chi connectivity index (χ2n) is 7.72. The fraction of sp³-hybridized carbons (Fsp3) is 0.565. The van der Waals surface area contributed by atoms with Gasteiger partial charge in [-0.25, -0.2) is 4.79 Å². The predicted molar refractivity (Wildman–Crippen MR) is 114 cm³/mol. The van der Waals surface area contributed by atoms with E-state index in [1.807, 2.05) is 34.6 Å². The van der Waals surface area contributed by atoms with E-state index in [0.717, 1.165) is 40.1 Å². The molecule has 0 atom stereocenters. The van der Waals surface area contributed by atoms with Gasteiger partial charge in [-0.05, 0) is 52.5 Å². The lowest BCUT2D eigenvalue weighted by Gasteiger charge is -2.22. The molecule has 0 radical (unpaired) electrons. The molecule has 1 aliphatic rings. The third-order valence-electron chi connectivity index (χ3n) is 4.96. The number of anilines is 1. The predicted octanol–water partition coefficient (Wildman–Crippen LogP) is 4.72. The van der Waals surface area contributed by atoms with E-state index in [1.54, 1.807) is 7.11 Å². The average molecular weight is 404 g/mol. The van der Waals surface area contributed by atoms with Gasteiger partial charge in [-0.3, -0.25) is 4.79 Å². The second-order valence-corrected chi connectivity index (χ2v) is 7.72. The zero-order valence-corrected chi connectivity index (χ0v) is 18.4. The van der Waals surface area contributed by atoms with Crippen LogP contribution in [-0.2, 0) is 27.3 Å². The van der Waals surface area contributed by atoms with Crippen LogP contribution in [0.2, 0.25) is 0 Å². The highest BCUT2D eigenvalue weighted by atomic mass is 16.5. The van der Waals surface area contributed by atoms with Gasteiger partial charge in [-0.15, -0.1) is 0 Å². The molecular weight excluding hydrogens is 370 g/mol. The second kappa shape index (κ2) is 10.3. The maximum absolute atomic E-state index is 12.4. The summed E-state index contributed by atoms with van der Waals surface area (Å²) in [6, 6.07) is 0.150. The van der Waals surface area contributed by atoms with Gasteiger partial charge in [0.25, 0.3) is 0 Å². The summed E-state index contributed by atoms with van der Waals surface area (Å²) in [5.41, 5.74) is 5.25. The first-order chi connectivity index (χ1) is 13.8. The summed E-state index contributed by atoms with van der Waals surface area (Å²) in [5.74, 6) is 0.307. The minimum atomic E-state index is -0.297. The van der Waals surface area contributed by atoms with Crippen molar-refractivity contribution in [2.45, 2.75) is 73.0 Å². The zero-order chi connectivity index (χ0) is 21.6. The molecule has 160 valence electrons. The van der Waals surface area contributed by atoms with E-state index >= 15 is 0 Å². The van der Waals surface area contributed by atoms with Crippen molar-refractivity contribution in [1.29, 1.82) is 0 Å². The topological polar surface area (TPSA) is 73.9 Å². The summed E-state index contributed by atoms with van der Waals surface area (Å²) in [6.45, 7) is 10.7. The number of methoxy groups -OCH3 is 1. The molecule has 0 aliphatic carbocycles. The first-order valence-corrected chi connectivity index (χ1v) is 10.3. The van der Waals surface area contributed by atoms with Crippen LogP contribution in [0, 0.1) is 6.92 Å². The molecule has 1 N–H and O–H groups in total. The number of carbonyl (C=O) groups is 2. The highest BCUT2D eigenvalue weighted by molar-refractivity contribution is 6.01. The van der Waals surface area contributed by atoms with Crippen molar-refractivity contribution in [2.24, 2.45) is 0 Å². The van der Waals surface area contributed by atoms with Crippen LogP contribution in [0.3, 0.4) is 0 Å². The van der Waals surface area contributed by atoms with E-state index in [4.69, 9.17) is 14.2 Å². The smallest absolute Gasteiger partial charge is 0.341 e. The van der Waals surface area contributed by atoms with Crippen LogP contribution < -0.4 is 10.1 Å². The molecule has 1 aliphatic heterocycles. The van der Waals surface area contributed by atoms with Crippen molar-refractivity contribution in [2.75, 3.05) is 19.0 Å². The lowest BCUT2D eigenvalue weighted by atomic mass is 9.93. The molecule has 0 spiro atoms. The normalized spacial score (nSPS) is 13.3. The number of fused-ring (bicyclic) bond motifs is 1. The van der Waals surface area contributed by atoms with Gasteiger partial charge in [0.1, 0.15) is 12.4 Å². The molecular formula is C23H33NO5. The number of hydrogen-bond acceptors (Lipinski definition) is 6. The number of benzene rings is 1. The van der Waals surface area contributed by atoms with Crippen molar-refractivity contribution >= 4 is 17.6 Å². The molecule has 0 unspecified atom stereocenters. The van der Waals surface area contributed by atoms with Gasteiger partial charge in [0, 0.05) is 23.6 Å². The van der Waals surface area contributed by atoms with Crippen LogP contribution in [0.4, 0.5) is 5.69 Å². The Morgan fingerprint density at radius 3 is 2.66 bits per heavy atom. The van der Waals surface area contributed by atoms with Crippen LogP contribution in [0.25, 0.3) is 0 Å². The minimum absolute atomic E-state index is 0.150. The van der Waals surface area contributed by atoms with E-state index in [2.05, 4.69) is 11.4 Å². The van der Waals surface area contributed by atoms with Crippen molar-refractivity contribution in [3.63, 3.8) is 0 Å². The SMILES string of the molecule is CCCOC(=O)CCC(C)=CCc1c(NC(C)C)c2c(c(C)c1OC)COC2=O. The van der Waals surface area contributed by atoms with E-state index in [0.29, 0.717) is 31.4 Å². The van der Waals surface area contributed by atoms with E-state index in [9.17, 15) is 9.59 Å². The van der Waals surface area contributed by atoms with Crippen LogP contribution in [0.5, 0.6) is 5.75 Å². The number of hydrogen-bond donors (Lipinski definition) is 1. The summed E-state index contributed by atoms with van der Waals surface area (Å²) in [5, 5.41) is 3.42. The molecule has 0 fully saturated rings. The Bertz CT molecular complexity index is 795. The lowest BCUT2D eigenvalue weighted by Crippen LogP contribution is -2.16. The highest BCUT2D eigenvalue weighted by Gasteiger charge is 2.32. The number of nitrogens with one attached hydrogen (secondary N) is 1. The Morgan fingerprint density at radius 1 is 1.31 bits per heavy atom. The molecule has 0 saturated heterocycles. The summed E-state index contributed by atoms with van der Waals surface area (Å²) in [6.07, 6.45) is 4.51. The average Bonchev–Trinajstić information content (AvgIpc) is 3.07. The Hall–Kier alpha value is -2.50. The van der Waals surface area contributed by atoms with Crippen LogP contribution >= 0.6 is 0 Å². The van der Waals surface area contributed by atoms with Crippen LogP contribution in [-0.4, -0.2) is 31.7 Å². The first kappa shape index (κ1) is 22.8. The van der Waals surface area contributed by atoms with Crippen LogP contribution in [0.15, 0.2) is 11.6 Å². The van der Waals surface area contributed by atoms with Gasteiger partial charge < -0.3 is 19.5 Å². The largest absolute Gasteiger partial charge is 0.496 e. The summed E-state index contributed by atoms with van der Waals surface area (Å²) in [4.78, 5) is 24.1. The molecule has 29 heavy (non-hydrogen) atoms. The first-order valence-electron chi connectivity index (χ1n) is 10.3. The number of allylic oxidation sites excluding steroid dienone is 2. The molecule has 0 amide bonds. The molecule has 0 aromatic heterocycles. The highest BCUT2D eigenvalue weighted by Crippen LogP contribution is 2.41. The number of ether oxygens (including phenoxy) is 3. The monoisotopic (exact) mass is 403 g/mol. The molecule has 0 saturated carbocycles. The van der Waals surface area contributed by atoms with Gasteiger partial charge >= 0.3 is 11.9 Å². The van der Waals surface area contributed by atoms with E-state index in [1.165, 1.54) is 0 Å². The maximum atomic E-state index is 12.4. The number of esters is 2. The molecule has 1 aromatic carbocycles. The quantitative estimate of drug-likeness (QED) is 0.450. The molecule has 6 nitrogen and oxygen atoms in total. The Morgan fingerprint density at radius 2 is 2.03 bits per heavy atom. The third kappa shape index (κ3) is 5.52. The Labute approximate surface area is 173 Å². The summed E-state index contributed by atoms with van der Waals surface area (Å²) >= 11 is 0. The Balaban J connectivity index is 2.31. The van der Waals surface area contributed by atoms with Gasteiger partial charge in [-0.2, -0.15) is 0 Å². The zero-order valence-electron chi connectivity index (χ0n) is 18.4. The molecule has 1 aromatic rings. The van der Waals surface area contributed by atoms with Crippen molar-refractivity contribution < 1.29 is 23.8 Å². The van der Waals surface area contributed by atoms with E-state index in [-0.39, 0.29) is 24.6 Å². The number of carbonyl (C=O) groups excluding carboxylic acids is 2. The van der Waals surface area contributed by atoms with Crippen molar-refractivity contribution in [3.8, 4) is 5.75 Å². The fourth-order valence-electron chi connectivity index (χ4n) is 3.47.